The van der Waals surface area contributed by atoms with E-state index in [0.717, 1.165) is 5.92 Å². The summed E-state index contributed by atoms with van der Waals surface area (Å²) in [6, 6.07) is 7.35. The number of fused-ring (bicyclic) bond motifs is 3. The predicted molar refractivity (Wildman–Crippen MR) is 93.5 cm³/mol. The molecule has 1 fully saturated rings. The fourth-order valence-electron chi connectivity index (χ4n) is 4.36. The number of pyridine rings is 1. The molecule has 2 aliphatic carbocycles. The molecule has 2 aliphatic rings. The van der Waals surface area contributed by atoms with Crippen LogP contribution in [0.5, 0.6) is 0 Å². The minimum absolute atomic E-state index is 0.614. The summed E-state index contributed by atoms with van der Waals surface area (Å²) in [5.74, 6) is 2.03. The van der Waals surface area contributed by atoms with Gasteiger partial charge < -0.3 is 5.32 Å². The van der Waals surface area contributed by atoms with E-state index in [9.17, 15) is 0 Å². The first-order valence-corrected chi connectivity index (χ1v) is 8.89. The maximum Gasteiger partial charge on any atom is 0.130 e. The molecule has 1 heterocycles. The average molecular weight is 294 g/mol. The lowest BCUT2D eigenvalue weighted by Crippen LogP contribution is -2.27. The molecule has 0 spiro atoms. The van der Waals surface area contributed by atoms with E-state index in [2.05, 4.69) is 37.4 Å². The minimum atomic E-state index is 0.614. The Balaban J connectivity index is 1.74. The molecule has 2 aromatic rings. The van der Waals surface area contributed by atoms with Crippen molar-refractivity contribution in [2.75, 3.05) is 5.32 Å². The second kappa shape index (κ2) is 5.57. The highest BCUT2D eigenvalue weighted by Crippen LogP contribution is 2.35. The molecule has 2 heteroatoms. The van der Waals surface area contributed by atoms with Crippen molar-refractivity contribution in [2.45, 2.75) is 64.8 Å². The Morgan fingerprint density at radius 2 is 1.95 bits per heavy atom. The number of nitrogens with zero attached hydrogens (tertiary/aromatic N) is 1. The van der Waals surface area contributed by atoms with Crippen LogP contribution in [0.1, 0.15) is 55.7 Å². The van der Waals surface area contributed by atoms with Crippen LogP contribution in [0.2, 0.25) is 0 Å². The van der Waals surface area contributed by atoms with Gasteiger partial charge in [-0.1, -0.05) is 31.9 Å². The zero-order chi connectivity index (χ0) is 15.1. The number of anilines is 1. The van der Waals surface area contributed by atoms with Crippen LogP contribution in [0.25, 0.3) is 10.9 Å². The standard InChI is InChI=1S/C20H26N2/c1-13-5-3-6-15(11-13)21-20-18-8-4-7-16(18)17-10-9-14(2)12-19(17)22-20/h9-10,12-13,15H,3-8,11H2,1-2H3,(H,21,22). The molecule has 1 saturated carbocycles. The quantitative estimate of drug-likeness (QED) is 0.841. The number of hydrogen-bond donors (Lipinski definition) is 1. The Morgan fingerprint density at radius 1 is 1.09 bits per heavy atom. The maximum absolute atomic E-state index is 5.02. The summed E-state index contributed by atoms with van der Waals surface area (Å²) in [7, 11) is 0. The van der Waals surface area contributed by atoms with Gasteiger partial charge in [0, 0.05) is 11.4 Å². The first-order chi connectivity index (χ1) is 10.7. The van der Waals surface area contributed by atoms with Gasteiger partial charge in [0.2, 0.25) is 0 Å². The third-order valence-electron chi connectivity index (χ3n) is 5.49. The normalized spacial score (nSPS) is 24.5. The third kappa shape index (κ3) is 2.49. The third-order valence-corrected chi connectivity index (χ3v) is 5.49. The molecule has 0 aliphatic heterocycles. The molecule has 2 unspecified atom stereocenters. The molecule has 2 nitrogen and oxygen atoms in total. The second-order valence-corrected chi connectivity index (χ2v) is 7.40. The topological polar surface area (TPSA) is 24.9 Å². The summed E-state index contributed by atoms with van der Waals surface area (Å²) in [5, 5.41) is 5.19. The fourth-order valence-corrected chi connectivity index (χ4v) is 4.36. The number of nitrogens with one attached hydrogen (secondary N) is 1. The van der Waals surface area contributed by atoms with Gasteiger partial charge >= 0.3 is 0 Å². The van der Waals surface area contributed by atoms with Crippen molar-refractivity contribution >= 4 is 16.7 Å². The van der Waals surface area contributed by atoms with Gasteiger partial charge in [0.05, 0.1) is 5.52 Å². The summed E-state index contributed by atoms with van der Waals surface area (Å²) in [6.07, 6.45) is 9.02. The zero-order valence-corrected chi connectivity index (χ0v) is 13.8. The summed E-state index contributed by atoms with van der Waals surface area (Å²) in [6.45, 7) is 4.54. The van der Waals surface area contributed by atoms with Crippen LogP contribution in [0.3, 0.4) is 0 Å². The summed E-state index contributed by atoms with van der Waals surface area (Å²) in [4.78, 5) is 5.02. The van der Waals surface area contributed by atoms with Crippen LogP contribution < -0.4 is 5.32 Å². The highest BCUT2D eigenvalue weighted by molar-refractivity contribution is 5.87. The SMILES string of the molecule is Cc1ccc2c3c(c(NC4CCCC(C)C4)nc2c1)CCC3. The van der Waals surface area contributed by atoms with Crippen LogP contribution in [0.15, 0.2) is 18.2 Å². The van der Waals surface area contributed by atoms with Gasteiger partial charge in [0.25, 0.3) is 0 Å². The second-order valence-electron chi connectivity index (χ2n) is 7.40. The van der Waals surface area contributed by atoms with E-state index in [4.69, 9.17) is 4.98 Å². The van der Waals surface area contributed by atoms with Crippen molar-refractivity contribution in [1.29, 1.82) is 0 Å². The minimum Gasteiger partial charge on any atom is -0.367 e. The van der Waals surface area contributed by atoms with Crippen molar-refractivity contribution in [3.63, 3.8) is 0 Å². The van der Waals surface area contributed by atoms with E-state index in [0.29, 0.717) is 6.04 Å². The van der Waals surface area contributed by atoms with Crippen LogP contribution in [0, 0.1) is 12.8 Å². The van der Waals surface area contributed by atoms with E-state index >= 15 is 0 Å². The molecule has 0 amide bonds. The van der Waals surface area contributed by atoms with Gasteiger partial charge in [-0.2, -0.15) is 0 Å². The van der Waals surface area contributed by atoms with Crippen LogP contribution in [-0.2, 0) is 12.8 Å². The highest BCUT2D eigenvalue weighted by atomic mass is 15.0. The molecule has 0 bridgehead atoms. The lowest BCUT2D eigenvalue weighted by Gasteiger charge is -2.28. The number of rotatable bonds is 2. The zero-order valence-electron chi connectivity index (χ0n) is 13.8. The Labute approximate surface area is 133 Å². The molecule has 1 aromatic carbocycles. The predicted octanol–water partition coefficient (Wildman–Crippen LogP) is 5.02. The molecular weight excluding hydrogens is 268 g/mol. The number of aryl methyl sites for hydroxylation is 2. The first kappa shape index (κ1) is 14.0. The number of hydrogen-bond acceptors (Lipinski definition) is 2. The van der Waals surface area contributed by atoms with E-state index in [1.807, 2.05) is 0 Å². The number of aromatic nitrogens is 1. The Bertz CT molecular complexity index is 704. The van der Waals surface area contributed by atoms with Crippen molar-refractivity contribution in [1.82, 2.24) is 4.98 Å². The van der Waals surface area contributed by atoms with Crippen molar-refractivity contribution in [3.8, 4) is 0 Å². The fraction of sp³-hybridized carbons (Fsp3) is 0.550. The molecule has 116 valence electrons. The van der Waals surface area contributed by atoms with Gasteiger partial charge in [-0.05, 0) is 67.7 Å². The van der Waals surface area contributed by atoms with E-state index in [1.54, 1.807) is 5.56 Å². The van der Waals surface area contributed by atoms with Gasteiger partial charge in [-0.3, -0.25) is 0 Å². The van der Waals surface area contributed by atoms with E-state index in [1.165, 1.54) is 72.8 Å². The molecule has 1 aromatic heterocycles. The van der Waals surface area contributed by atoms with Gasteiger partial charge in [0.15, 0.2) is 0 Å². The summed E-state index contributed by atoms with van der Waals surface area (Å²) >= 11 is 0. The average Bonchev–Trinajstić information content (AvgIpc) is 2.97. The van der Waals surface area contributed by atoms with Crippen LogP contribution in [-0.4, -0.2) is 11.0 Å². The smallest absolute Gasteiger partial charge is 0.130 e. The lowest BCUT2D eigenvalue weighted by molar-refractivity contribution is 0.358. The highest BCUT2D eigenvalue weighted by Gasteiger charge is 2.24. The molecule has 0 radical (unpaired) electrons. The van der Waals surface area contributed by atoms with Crippen molar-refractivity contribution in [3.05, 3.63) is 34.9 Å². The first-order valence-electron chi connectivity index (χ1n) is 8.89. The molecule has 22 heavy (non-hydrogen) atoms. The molecule has 0 saturated heterocycles. The van der Waals surface area contributed by atoms with Crippen molar-refractivity contribution < 1.29 is 0 Å². The van der Waals surface area contributed by atoms with Gasteiger partial charge in [-0.15, -0.1) is 0 Å². The largest absolute Gasteiger partial charge is 0.367 e. The summed E-state index contributed by atoms with van der Waals surface area (Å²) < 4.78 is 0. The van der Waals surface area contributed by atoms with Gasteiger partial charge in [-0.25, -0.2) is 4.98 Å². The van der Waals surface area contributed by atoms with Crippen LogP contribution >= 0.6 is 0 Å². The monoisotopic (exact) mass is 294 g/mol. The van der Waals surface area contributed by atoms with E-state index in [-0.39, 0.29) is 0 Å². The Hall–Kier alpha value is -1.57. The summed E-state index contributed by atoms with van der Waals surface area (Å²) in [5.41, 5.74) is 5.52. The lowest BCUT2D eigenvalue weighted by atomic mass is 9.87. The van der Waals surface area contributed by atoms with Crippen molar-refractivity contribution in [2.24, 2.45) is 5.92 Å². The van der Waals surface area contributed by atoms with Crippen LogP contribution in [0.4, 0.5) is 5.82 Å². The van der Waals surface area contributed by atoms with Gasteiger partial charge in [0.1, 0.15) is 5.82 Å². The maximum atomic E-state index is 5.02. The molecule has 2 atom stereocenters. The molecular formula is C20H26N2. The van der Waals surface area contributed by atoms with E-state index < -0.39 is 0 Å². The number of benzene rings is 1. The Morgan fingerprint density at radius 3 is 2.82 bits per heavy atom. The molecule has 4 rings (SSSR count). The Kier molecular flexibility index (Phi) is 3.56. The molecule has 1 N–H and O–H groups in total.